The van der Waals surface area contributed by atoms with E-state index in [9.17, 15) is 0 Å². The molecule has 11 aromatic rings. The van der Waals surface area contributed by atoms with Gasteiger partial charge in [-0.05, 0) is 0 Å². The van der Waals surface area contributed by atoms with Crippen molar-refractivity contribution in [1.82, 2.24) is 14.5 Å². The standard InChI is InChI=1S/C52H33GeN3O/c1-5-17-34(18-6-1)49-48-50(55-52(54-49)35-19-7-2-8-20-35)41-30-29-38(33-43(41)53(48,36-21-9-3-10-22-36)37-23-11-4-12-24-37)56-44-27-15-13-26-42(44)47-45(56)32-31-40-39-25-14-16-28-46(39)57-51(40)47/h1-33H. The first-order valence-corrected chi connectivity index (χ1v) is 23.6. The Morgan fingerprint density at radius 2 is 1.05 bits per heavy atom. The van der Waals surface area contributed by atoms with E-state index in [0.29, 0.717) is 0 Å². The summed E-state index contributed by atoms with van der Waals surface area (Å²) >= 11 is -3.90. The number of benzene rings is 8. The second-order valence-corrected chi connectivity index (χ2v) is 22.6. The van der Waals surface area contributed by atoms with Gasteiger partial charge in [-0.25, -0.2) is 0 Å². The minimum absolute atomic E-state index is 0.736. The Hall–Kier alpha value is -7.02. The van der Waals surface area contributed by atoms with Crippen LogP contribution in [0.15, 0.2) is 205 Å². The topological polar surface area (TPSA) is 43.9 Å². The van der Waals surface area contributed by atoms with Crippen LogP contribution in [0.1, 0.15) is 0 Å². The molecule has 1 aliphatic heterocycles. The SMILES string of the molecule is c1ccc(-c2nc(-c3ccccc3)[c]3c(n2)-c2ccc(-n4c5ccccc5c5c6oc7ccccc7c6ccc54)c[c]2[Ge]3([c]2ccccc2)[c]2ccccc2)cc1. The summed E-state index contributed by atoms with van der Waals surface area (Å²) in [6.07, 6.45) is 0. The molecule has 0 radical (unpaired) electrons. The van der Waals surface area contributed by atoms with Crippen molar-refractivity contribution in [2.75, 3.05) is 0 Å². The molecule has 0 atom stereocenters. The molecule has 0 fully saturated rings. The number of rotatable bonds is 5. The summed E-state index contributed by atoms with van der Waals surface area (Å²) in [5.74, 6) is 0.736. The Bertz CT molecular complexity index is 3300. The maximum atomic E-state index is 6.67. The van der Waals surface area contributed by atoms with Crippen molar-refractivity contribution in [3.8, 4) is 39.6 Å². The van der Waals surface area contributed by atoms with E-state index in [-0.39, 0.29) is 0 Å². The van der Waals surface area contributed by atoms with Gasteiger partial charge < -0.3 is 0 Å². The van der Waals surface area contributed by atoms with Crippen molar-refractivity contribution in [2.45, 2.75) is 0 Å². The number of furan rings is 1. The van der Waals surface area contributed by atoms with Gasteiger partial charge in [0.15, 0.2) is 0 Å². The molecule has 4 nitrogen and oxygen atoms in total. The third kappa shape index (κ3) is 4.62. The Balaban J connectivity index is 1.22. The van der Waals surface area contributed by atoms with Gasteiger partial charge in [-0.2, -0.15) is 0 Å². The zero-order valence-electron chi connectivity index (χ0n) is 30.8. The van der Waals surface area contributed by atoms with E-state index < -0.39 is 13.3 Å². The van der Waals surface area contributed by atoms with Crippen LogP contribution in [-0.2, 0) is 0 Å². The molecule has 12 rings (SSSR count). The van der Waals surface area contributed by atoms with E-state index >= 15 is 0 Å². The number of hydrogen-bond acceptors (Lipinski definition) is 3. The molecule has 266 valence electrons. The van der Waals surface area contributed by atoms with Crippen LogP contribution < -0.4 is 17.6 Å². The Morgan fingerprint density at radius 1 is 0.456 bits per heavy atom. The molecule has 0 bridgehead atoms. The zero-order valence-corrected chi connectivity index (χ0v) is 32.9. The van der Waals surface area contributed by atoms with Crippen LogP contribution in [0.5, 0.6) is 0 Å². The molecule has 0 saturated heterocycles. The maximum absolute atomic E-state index is 6.67. The van der Waals surface area contributed by atoms with Gasteiger partial charge in [-0.15, -0.1) is 0 Å². The van der Waals surface area contributed by atoms with Gasteiger partial charge >= 0.3 is 333 Å². The van der Waals surface area contributed by atoms with Gasteiger partial charge in [-0.3, -0.25) is 0 Å². The monoisotopic (exact) mass is 789 g/mol. The molecule has 4 heterocycles. The van der Waals surface area contributed by atoms with Crippen molar-refractivity contribution in [2.24, 2.45) is 0 Å². The third-order valence-corrected chi connectivity index (χ3v) is 22.0. The molecule has 0 saturated carbocycles. The van der Waals surface area contributed by atoms with Gasteiger partial charge in [0.1, 0.15) is 0 Å². The zero-order chi connectivity index (χ0) is 37.5. The minimum atomic E-state index is -3.90. The molecule has 3 aromatic heterocycles. The van der Waals surface area contributed by atoms with Crippen LogP contribution >= 0.6 is 0 Å². The van der Waals surface area contributed by atoms with E-state index in [4.69, 9.17) is 14.4 Å². The van der Waals surface area contributed by atoms with Gasteiger partial charge in [-0.1, -0.05) is 0 Å². The predicted octanol–water partition coefficient (Wildman–Crippen LogP) is 10.2. The van der Waals surface area contributed by atoms with Crippen LogP contribution in [0.3, 0.4) is 0 Å². The van der Waals surface area contributed by atoms with Crippen LogP contribution in [0, 0.1) is 0 Å². The molecule has 57 heavy (non-hydrogen) atoms. The molecule has 5 heteroatoms. The quantitative estimate of drug-likeness (QED) is 0.163. The number of aromatic nitrogens is 3. The van der Waals surface area contributed by atoms with E-state index in [1.54, 1.807) is 0 Å². The molecule has 0 aliphatic carbocycles. The third-order valence-electron chi connectivity index (χ3n) is 11.9. The molecule has 8 aromatic carbocycles. The van der Waals surface area contributed by atoms with E-state index in [0.717, 1.165) is 72.4 Å². The van der Waals surface area contributed by atoms with Crippen LogP contribution in [-0.4, -0.2) is 27.8 Å². The normalized spacial score (nSPS) is 13.1. The molecular formula is C52H33GeN3O. The van der Waals surface area contributed by atoms with Crippen molar-refractivity contribution in [3.63, 3.8) is 0 Å². The van der Waals surface area contributed by atoms with Gasteiger partial charge in [0.2, 0.25) is 0 Å². The predicted molar refractivity (Wildman–Crippen MR) is 237 cm³/mol. The first-order chi connectivity index (χ1) is 28.3. The van der Waals surface area contributed by atoms with Crippen LogP contribution in [0.2, 0.25) is 0 Å². The Kier molecular flexibility index (Phi) is 7.07. The van der Waals surface area contributed by atoms with E-state index in [1.807, 2.05) is 12.1 Å². The first kappa shape index (κ1) is 32.2. The fourth-order valence-electron chi connectivity index (χ4n) is 9.51. The number of fused-ring (bicyclic) bond motifs is 10. The average molecular weight is 788 g/mol. The van der Waals surface area contributed by atoms with Crippen LogP contribution in [0.4, 0.5) is 0 Å². The number of hydrogen-bond donors (Lipinski definition) is 0. The molecule has 0 N–H and O–H groups in total. The summed E-state index contributed by atoms with van der Waals surface area (Å²) in [6.45, 7) is 0. The van der Waals surface area contributed by atoms with Gasteiger partial charge in [0.25, 0.3) is 0 Å². The van der Waals surface area contributed by atoms with Crippen molar-refractivity contribution in [1.29, 1.82) is 0 Å². The average Bonchev–Trinajstić information content (AvgIpc) is 3.93. The number of nitrogens with zero attached hydrogens (tertiary/aromatic N) is 3. The van der Waals surface area contributed by atoms with E-state index in [1.165, 1.54) is 28.5 Å². The fraction of sp³-hybridized carbons (Fsp3) is 0. The second-order valence-electron chi connectivity index (χ2n) is 14.9. The fourth-order valence-corrected chi connectivity index (χ4v) is 20.5. The molecule has 0 spiro atoms. The van der Waals surface area contributed by atoms with Crippen molar-refractivity contribution < 1.29 is 4.42 Å². The Labute approximate surface area is 331 Å². The summed E-state index contributed by atoms with van der Waals surface area (Å²) in [7, 11) is 0. The first-order valence-electron chi connectivity index (χ1n) is 19.4. The second kappa shape index (κ2) is 12.5. The summed E-state index contributed by atoms with van der Waals surface area (Å²) in [5.41, 5.74) is 10.5. The summed E-state index contributed by atoms with van der Waals surface area (Å²) in [6, 6.07) is 72.2. The molecular weight excluding hydrogens is 755 g/mol. The Morgan fingerprint density at radius 3 is 1.77 bits per heavy atom. The summed E-state index contributed by atoms with van der Waals surface area (Å²) < 4.78 is 14.4. The van der Waals surface area contributed by atoms with Gasteiger partial charge in [0.05, 0.1) is 0 Å². The summed E-state index contributed by atoms with van der Waals surface area (Å²) in [5, 5.41) is 4.57. The number of para-hydroxylation sites is 2. The van der Waals surface area contributed by atoms with E-state index in [2.05, 4.69) is 193 Å². The van der Waals surface area contributed by atoms with Gasteiger partial charge in [0, 0.05) is 0 Å². The summed E-state index contributed by atoms with van der Waals surface area (Å²) in [4.78, 5) is 11.1. The van der Waals surface area contributed by atoms with Crippen LogP contribution in [0.25, 0.3) is 83.3 Å². The molecule has 0 unspecified atom stereocenters. The molecule has 0 amide bonds. The molecule has 1 aliphatic rings. The van der Waals surface area contributed by atoms with Crippen molar-refractivity contribution >= 4 is 74.6 Å². The van der Waals surface area contributed by atoms with Crippen molar-refractivity contribution in [3.05, 3.63) is 200 Å².